The topological polar surface area (TPSA) is 79.4 Å². The molecule has 1 aromatic carbocycles. The fraction of sp³-hybridized carbons (Fsp3) is 0.389. The summed E-state index contributed by atoms with van der Waals surface area (Å²) in [5.41, 5.74) is 1.30. The number of methoxy groups -OCH3 is 1. The zero-order valence-electron chi connectivity index (χ0n) is 15.3. The molecule has 2 rings (SSSR count). The summed E-state index contributed by atoms with van der Waals surface area (Å²) in [6, 6.07) is 10.2. The van der Waals surface area contributed by atoms with Gasteiger partial charge in [-0.15, -0.1) is 0 Å². The lowest BCUT2D eigenvalue weighted by molar-refractivity contribution is 0.0940. The van der Waals surface area contributed by atoms with Crippen molar-refractivity contribution in [3.8, 4) is 5.88 Å². The minimum atomic E-state index is -0.368. The zero-order valence-corrected chi connectivity index (χ0v) is 16.0. The van der Waals surface area contributed by atoms with Crippen molar-refractivity contribution < 1.29 is 9.53 Å². The lowest BCUT2D eigenvalue weighted by Crippen LogP contribution is -2.33. The van der Waals surface area contributed by atoms with Crippen LogP contribution in [-0.2, 0) is 6.54 Å². The molecule has 0 bridgehead atoms. The third kappa shape index (κ3) is 5.57. The van der Waals surface area contributed by atoms with Crippen LogP contribution in [0.4, 0.5) is 5.82 Å². The van der Waals surface area contributed by atoms with Crippen molar-refractivity contribution in [2.45, 2.75) is 13.5 Å². The molecule has 0 atom stereocenters. The van der Waals surface area contributed by atoms with Gasteiger partial charge in [0, 0.05) is 26.2 Å². The SMILES string of the molecule is CCNc1nc(OC)c(C(=O)NCCN(C)Cc2ccccc2)nc1Cl. The Hall–Kier alpha value is -2.38. The van der Waals surface area contributed by atoms with Crippen molar-refractivity contribution in [3.63, 3.8) is 0 Å². The summed E-state index contributed by atoms with van der Waals surface area (Å²) >= 11 is 6.08. The number of ether oxygens (including phenoxy) is 1. The van der Waals surface area contributed by atoms with Gasteiger partial charge in [-0.25, -0.2) is 4.98 Å². The summed E-state index contributed by atoms with van der Waals surface area (Å²) in [6.07, 6.45) is 0. The molecule has 0 saturated heterocycles. The van der Waals surface area contributed by atoms with Gasteiger partial charge in [0.05, 0.1) is 7.11 Å². The molecule has 8 heteroatoms. The molecule has 140 valence electrons. The van der Waals surface area contributed by atoms with Crippen LogP contribution in [0.25, 0.3) is 0 Å². The number of anilines is 1. The van der Waals surface area contributed by atoms with Gasteiger partial charge in [-0.05, 0) is 19.5 Å². The molecule has 0 aliphatic heterocycles. The lowest BCUT2D eigenvalue weighted by atomic mass is 10.2. The first-order valence-electron chi connectivity index (χ1n) is 8.41. The maximum atomic E-state index is 12.4. The highest BCUT2D eigenvalue weighted by Crippen LogP contribution is 2.23. The predicted octanol–water partition coefficient (Wildman–Crippen LogP) is 2.43. The zero-order chi connectivity index (χ0) is 18.9. The number of nitrogens with one attached hydrogen (secondary N) is 2. The van der Waals surface area contributed by atoms with Gasteiger partial charge in [-0.1, -0.05) is 41.9 Å². The summed E-state index contributed by atoms with van der Waals surface area (Å²) in [7, 11) is 3.44. The van der Waals surface area contributed by atoms with Gasteiger partial charge in [-0.3, -0.25) is 4.79 Å². The Morgan fingerprint density at radius 3 is 2.65 bits per heavy atom. The normalized spacial score (nSPS) is 10.7. The van der Waals surface area contributed by atoms with Gasteiger partial charge >= 0.3 is 0 Å². The van der Waals surface area contributed by atoms with Crippen molar-refractivity contribution in [2.24, 2.45) is 0 Å². The minimum absolute atomic E-state index is 0.0739. The standard InChI is InChI=1S/C18H24ClN5O2/c1-4-20-16-15(19)22-14(18(23-16)26-3)17(25)21-10-11-24(2)12-13-8-6-5-7-9-13/h5-9H,4,10-12H2,1-3H3,(H,20,23)(H,21,25). The van der Waals surface area contributed by atoms with E-state index in [1.54, 1.807) is 0 Å². The minimum Gasteiger partial charge on any atom is -0.479 e. The number of likely N-dealkylation sites (N-methyl/N-ethyl adjacent to an activating group) is 1. The molecule has 0 spiro atoms. The molecule has 1 amide bonds. The van der Waals surface area contributed by atoms with Crippen molar-refractivity contribution in [2.75, 3.05) is 39.1 Å². The van der Waals surface area contributed by atoms with Crippen LogP contribution in [0.5, 0.6) is 5.88 Å². The van der Waals surface area contributed by atoms with Crippen LogP contribution in [0.15, 0.2) is 30.3 Å². The van der Waals surface area contributed by atoms with Crippen molar-refractivity contribution >= 4 is 23.3 Å². The van der Waals surface area contributed by atoms with Crippen LogP contribution in [0, 0.1) is 0 Å². The summed E-state index contributed by atoms with van der Waals surface area (Å²) in [5.74, 6) is 0.165. The smallest absolute Gasteiger partial charge is 0.275 e. The molecule has 0 fully saturated rings. The highest BCUT2D eigenvalue weighted by molar-refractivity contribution is 6.31. The molecule has 26 heavy (non-hydrogen) atoms. The molecular formula is C18H24ClN5O2. The second-order valence-electron chi connectivity index (χ2n) is 5.73. The second-order valence-corrected chi connectivity index (χ2v) is 6.09. The monoisotopic (exact) mass is 377 g/mol. The van der Waals surface area contributed by atoms with Crippen molar-refractivity contribution in [3.05, 3.63) is 46.7 Å². The molecule has 0 radical (unpaired) electrons. The number of carbonyl (C=O) groups excluding carboxylic acids is 1. The van der Waals surface area contributed by atoms with E-state index in [0.29, 0.717) is 25.5 Å². The fourth-order valence-corrected chi connectivity index (χ4v) is 2.58. The van der Waals surface area contributed by atoms with Crippen LogP contribution in [0.2, 0.25) is 5.15 Å². The quantitative estimate of drug-likeness (QED) is 0.698. The van der Waals surface area contributed by atoms with Gasteiger partial charge in [0.2, 0.25) is 5.88 Å². The third-order valence-electron chi connectivity index (χ3n) is 3.65. The number of hydrogen-bond donors (Lipinski definition) is 2. The Morgan fingerprint density at radius 1 is 1.27 bits per heavy atom. The van der Waals surface area contributed by atoms with Gasteiger partial charge < -0.3 is 20.3 Å². The van der Waals surface area contributed by atoms with Crippen LogP contribution in [0.1, 0.15) is 23.0 Å². The molecule has 0 saturated carbocycles. The van der Waals surface area contributed by atoms with Crippen molar-refractivity contribution in [1.82, 2.24) is 20.2 Å². The fourth-order valence-electron chi connectivity index (χ4n) is 2.39. The first-order valence-corrected chi connectivity index (χ1v) is 8.79. The van der Waals surface area contributed by atoms with E-state index in [1.165, 1.54) is 12.7 Å². The molecule has 1 heterocycles. The molecule has 2 aromatic rings. The van der Waals surface area contributed by atoms with E-state index in [4.69, 9.17) is 16.3 Å². The molecular weight excluding hydrogens is 354 g/mol. The molecule has 2 N–H and O–H groups in total. The van der Waals surface area contributed by atoms with E-state index in [0.717, 1.165) is 6.54 Å². The van der Waals surface area contributed by atoms with E-state index in [9.17, 15) is 4.79 Å². The number of rotatable bonds is 9. The first-order chi connectivity index (χ1) is 12.5. The Morgan fingerprint density at radius 2 is 2.00 bits per heavy atom. The van der Waals surface area contributed by atoms with Gasteiger partial charge in [0.15, 0.2) is 16.7 Å². The summed E-state index contributed by atoms with van der Waals surface area (Å²) in [6.45, 7) is 4.52. The maximum Gasteiger partial charge on any atom is 0.275 e. The number of halogens is 1. The summed E-state index contributed by atoms with van der Waals surface area (Å²) in [4.78, 5) is 22.8. The first kappa shape index (κ1) is 19.9. The Kier molecular flexibility index (Phi) is 7.62. The Labute approximate surface area is 158 Å². The third-order valence-corrected chi connectivity index (χ3v) is 3.91. The Bertz CT molecular complexity index is 727. The van der Waals surface area contributed by atoms with Gasteiger partial charge in [-0.2, -0.15) is 4.98 Å². The number of amides is 1. The van der Waals surface area contributed by atoms with Crippen LogP contribution in [-0.4, -0.2) is 54.6 Å². The van der Waals surface area contributed by atoms with E-state index >= 15 is 0 Å². The van der Waals surface area contributed by atoms with E-state index in [2.05, 4.69) is 37.6 Å². The largest absolute Gasteiger partial charge is 0.479 e. The van der Waals surface area contributed by atoms with Crippen LogP contribution >= 0.6 is 11.6 Å². The molecule has 0 aliphatic carbocycles. The van der Waals surface area contributed by atoms with Crippen molar-refractivity contribution in [1.29, 1.82) is 0 Å². The number of hydrogen-bond acceptors (Lipinski definition) is 6. The molecule has 1 aromatic heterocycles. The van der Waals surface area contributed by atoms with Crippen LogP contribution in [0.3, 0.4) is 0 Å². The molecule has 0 aliphatic rings. The lowest BCUT2D eigenvalue weighted by Gasteiger charge is -2.17. The Balaban J connectivity index is 1.92. The average molecular weight is 378 g/mol. The highest BCUT2D eigenvalue weighted by atomic mass is 35.5. The number of carbonyl (C=O) groups is 1. The average Bonchev–Trinajstić information content (AvgIpc) is 2.64. The highest BCUT2D eigenvalue weighted by Gasteiger charge is 2.19. The molecule has 0 unspecified atom stereocenters. The number of nitrogens with zero attached hydrogens (tertiary/aromatic N) is 3. The van der Waals surface area contributed by atoms with Crippen LogP contribution < -0.4 is 15.4 Å². The van der Waals surface area contributed by atoms with E-state index < -0.39 is 0 Å². The summed E-state index contributed by atoms with van der Waals surface area (Å²) < 4.78 is 5.17. The number of benzene rings is 1. The second kappa shape index (κ2) is 9.94. The maximum absolute atomic E-state index is 12.4. The summed E-state index contributed by atoms with van der Waals surface area (Å²) in [5, 5.41) is 5.94. The van der Waals surface area contributed by atoms with Gasteiger partial charge in [0.25, 0.3) is 5.91 Å². The van der Waals surface area contributed by atoms with E-state index in [-0.39, 0.29) is 22.6 Å². The van der Waals surface area contributed by atoms with E-state index in [1.807, 2.05) is 32.2 Å². The predicted molar refractivity (Wildman–Crippen MR) is 103 cm³/mol. The van der Waals surface area contributed by atoms with Gasteiger partial charge in [0.1, 0.15) is 0 Å². The number of aromatic nitrogens is 2. The molecule has 7 nitrogen and oxygen atoms in total.